The van der Waals surface area contributed by atoms with Crippen LogP contribution in [0.2, 0.25) is 0 Å². The Balaban J connectivity index is 1.38. The van der Waals surface area contributed by atoms with Crippen LogP contribution >= 0.6 is 0 Å². The van der Waals surface area contributed by atoms with Crippen molar-refractivity contribution in [1.29, 1.82) is 0 Å². The largest absolute Gasteiger partial charge is 0.497 e. The van der Waals surface area contributed by atoms with Gasteiger partial charge in [-0.1, -0.05) is 6.07 Å². The highest BCUT2D eigenvalue weighted by Crippen LogP contribution is 2.20. The highest BCUT2D eigenvalue weighted by atomic mass is 32.2. The van der Waals surface area contributed by atoms with Crippen LogP contribution in [0, 0.1) is 6.92 Å². The predicted molar refractivity (Wildman–Crippen MR) is 109 cm³/mol. The second kappa shape index (κ2) is 7.96. The van der Waals surface area contributed by atoms with E-state index < -0.39 is 9.84 Å². The molecule has 1 aliphatic rings. The summed E-state index contributed by atoms with van der Waals surface area (Å²) in [5.74, 6) is 2.19. The van der Waals surface area contributed by atoms with Crippen molar-refractivity contribution in [2.75, 3.05) is 50.5 Å². The third-order valence-electron chi connectivity index (χ3n) is 5.13. The van der Waals surface area contributed by atoms with Crippen molar-refractivity contribution in [2.45, 2.75) is 11.8 Å². The lowest BCUT2D eigenvalue weighted by Gasteiger charge is -2.35. The average Bonchev–Trinajstić information content (AvgIpc) is 3.20. The zero-order valence-electron chi connectivity index (χ0n) is 16.5. The van der Waals surface area contributed by atoms with Gasteiger partial charge >= 0.3 is 0 Å². The van der Waals surface area contributed by atoms with Gasteiger partial charge in [-0.2, -0.15) is 14.6 Å². The minimum atomic E-state index is -3.35. The summed E-state index contributed by atoms with van der Waals surface area (Å²) in [4.78, 5) is 13.3. The van der Waals surface area contributed by atoms with Crippen LogP contribution in [0.5, 0.6) is 5.75 Å². The minimum absolute atomic E-state index is 0.0852. The Hall–Kier alpha value is -2.72. The Morgan fingerprint density at radius 2 is 1.93 bits per heavy atom. The zero-order chi connectivity index (χ0) is 20.4. The predicted octanol–water partition coefficient (Wildman–Crippen LogP) is 1.04. The molecule has 3 aromatic rings. The van der Waals surface area contributed by atoms with Crippen molar-refractivity contribution in [3.8, 4) is 5.75 Å². The number of piperazine rings is 1. The molecule has 29 heavy (non-hydrogen) atoms. The normalized spacial score (nSPS) is 15.7. The van der Waals surface area contributed by atoms with Crippen molar-refractivity contribution < 1.29 is 13.2 Å². The summed E-state index contributed by atoms with van der Waals surface area (Å²) in [6.45, 7) is 5.59. The fourth-order valence-corrected chi connectivity index (χ4v) is 4.81. The number of hydrogen-bond acceptors (Lipinski definition) is 8. The molecule has 0 unspecified atom stereocenters. The van der Waals surface area contributed by atoms with E-state index in [1.807, 2.05) is 13.0 Å². The fraction of sp³-hybridized carbons (Fsp3) is 0.421. The van der Waals surface area contributed by atoms with Crippen molar-refractivity contribution in [2.24, 2.45) is 0 Å². The number of aromatic nitrogens is 4. The standard InChI is InChI=1S/C19H24N6O3S/c1-15-12-18(25-19(22-15)20-14-21-25)24-8-6-23(7-9-24)10-11-29(26,27)17-5-3-4-16(13-17)28-2/h3-5,12-14H,6-11H2,1-2H3. The van der Waals surface area contributed by atoms with E-state index in [9.17, 15) is 8.42 Å². The van der Waals surface area contributed by atoms with Gasteiger partial charge in [-0.15, -0.1) is 0 Å². The molecule has 1 aromatic carbocycles. The quantitative estimate of drug-likeness (QED) is 0.588. The van der Waals surface area contributed by atoms with E-state index in [-0.39, 0.29) is 5.75 Å². The number of rotatable bonds is 6. The molecule has 2 aromatic heterocycles. The molecule has 0 spiro atoms. The molecule has 0 bridgehead atoms. The van der Waals surface area contributed by atoms with Crippen LogP contribution in [0.3, 0.4) is 0 Å². The van der Waals surface area contributed by atoms with Gasteiger partial charge in [-0.05, 0) is 25.1 Å². The van der Waals surface area contributed by atoms with Gasteiger partial charge in [0.2, 0.25) is 0 Å². The molecule has 0 atom stereocenters. The summed E-state index contributed by atoms with van der Waals surface area (Å²) >= 11 is 0. The van der Waals surface area contributed by atoms with Gasteiger partial charge in [0.25, 0.3) is 5.78 Å². The van der Waals surface area contributed by atoms with E-state index in [0.29, 0.717) is 23.0 Å². The molecule has 0 aliphatic carbocycles. The van der Waals surface area contributed by atoms with Crippen LogP contribution in [0.15, 0.2) is 41.6 Å². The Bertz CT molecular complexity index is 1110. The fourth-order valence-electron chi connectivity index (χ4n) is 3.50. The first kappa shape index (κ1) is 19.6. The van der Waals surface area contributed by atoms with Crippen LogP contribution < -0.4 is 9.64 Å². The molecular weight excluding hydrogens is 392 g/mol. The number of methoxy groups -OCH3 is 1. The molecular formula is C19H24N6O3S. The maximum absolute atomic E-state index is 12.7. The lowest BCUT2D eigenvalue weighted by atomic mass is 10.3. The monoisotopic (exact) mass is 416 g/mol. The van der Waals surface area contributed by atoms with E-state index in [4.69, 9.17) is 4.74 Å². The SMILES string of the molecule is COc1cccc(S(=O)(=O)CCN2CCN(c3cc(C)nc4ncnn34)CC2)c1. The number of nitrogens with zero attached hydrogens (tertiary/aromatic N) is 6. The number of sulfone groups is 1. The molecule has 1 saturated heterocycles. The molecule has 0 saturated carbocycles. The van der Waals surface area contributed by atoms with Crippen molar-refractivity contribution in [3.63, 3.8) is 0 Å². The van der Waals surface area contributed by atoms with Crippen LogP contribution in [-0.2, 0) is 9.84 Å². The third-order valence-corrected chi connectivity index (χ3v) is 6.83. The van der Waals surface area contributed by atoms with Gasteiger partial charge in [0.05, 0.1) is 17.8 Å². The number of benzene rings is 1. The first-order valence-corrected chi connectivity index (χ1v) is 11.1. The molecule has 4 rings (SSSR count). The summed E-state index contributed by atoms with van der Waals surface area (Å²) in [6, 6.07) is 8.63. The van der Waals surface area contributed by atoms with E-state index in [0.717, 1.165) is 37.7 Å². The molecule has 154 valence electrons. The highest BCUT2D eigenvalue weighted by molar-refractivity contribution is 7.91. The van der Waals surface area contributed by atoms with Gasteiger partial charge < -0.3 is 9.64 Å². The lowest BCUT2D eigenvalue weighted by Crippen LogP contribution is -2.48. The number of fused-ring (bicyclic) bond motifs is 1. The second-order valence-corrected chi connectivity index (χ2v) is 9.16. The van der Waals surface area contributed by atoms with E-state index in [1.165, 1.54) is 13.4 Å². The number of anilines is 1. The smallest absolute Gasteiger partial charge is 0.254 e. The lowest BCUT2D eigenvalue weighted by molar-refractivity contribution is 0.271. The first-order chi connectivity index (χ1) is 14.0. The third kappa shape index (κ3) is 4.18. The summed E-state index contributed by atoms with van der Waals surface area (Å²) in [5, 5.41) is 4.27. The van der Waals surface area contributed by atoms with Crippen molar-refractivity contribution >= 4 is 21.4 Å². The molecule has 0 N–H and O–H groups in total. The minimum Gasteiger partial charge on any atom is -0.497 e. The second-order valence-electron chi connectivity index (χ2n) is 7.05. The average molecular weight is 417 g/mol. The molecule has 0 radical (unpaired) electrons. The maximum atomic E-state index is 12.7. The molecule has 10 heteroatoms. The Morgan fingerprint density at radius 1 is 1.14 bits per heavy atom. The summed E-state index contributed by atoms with van der Waals surface area (Å²) in [7, 11) is -1.82. The van der Waals surface area contributed by atoms with Gasteiger partial charge in [-0.25, -0.2) is 13.4 Å². The van der Waals surface area contributed by atoms with Gasteiger partial charge in [0.15, 0.2) is 9.84 Å². The zero-order valence-corrected chi connectivity index (χ0v) is 17.3. The van der Waals surface area contributed by atoms with Gasteiger partial charge in [-0.3, -0.25) is 4.90 Å². The van der Waals surface area contributed by atoms with Crippen LogP contribution in [0.1, 0.15) is 5.69 Å². The van der Waals surface area contributed by atoms with Crippen molar-refractivity contribution in [1.82, 2.24) is 24.5 Å². The van der Waals surface area contributed by atoms with E-state index in [2.05, 4.69) is 24.9 Å². The Morgan fingerprint density at radius 3 is 2.69 bits per heavy atom. The molecule has 1 aliphatic heterocycles. The van der Waals surface area contributed by atoms with E-state index >= 15 is 0 Å². The topological polar surface area (TPSA) is 92.9 Å². The van der Waals surface area contributed by atoms with Crippen molar-refractivity contribution in [3.05, 3.63) is 42.4 Å². The van der Waals surface area contributed by atoms with Crippen LogP contribution in [-0.4, -0.2) is 78.5 Å². The van der Waals surface area contributed by atoms with Gasteiger partial charge in [0, 0.05) is 44.5 Å². The number of hydrogen-bond donors (Lipinski definition) is 0. The molecule has 0 amide bonds. The first-order valence-electron chi connectivity index (χ1n) is 9.48. The molecule has 3 heterocycles. The Labute approximate surface area is 169 Å². The number of aryl methyl sites for hydroxylation is 1. The van der Waals surface area contributed by atoms with Crippen LogP contribution in [0.4, 0.5) is 5.82 Å². The van der Waals surface area contributed by atoms with Crippen LogP contribution in [0.25, 0.3) is 5.78 Å². The maximum Gasteiger partial charge on any atom is 0.254 e. The van der Waals surface area contributed by atoms with E-state index in [1.54, 1.807) is 28.8 Å². The highest BCUT2D eigenvalue weighted by Gasteiger charge is 2.22. The summed E-state index contributed by atoms with van der Waals surface area (Å²) in [6.07, 6.45) is 1.50. The summed E-state index contributed by atoms with van der Waals surface area (Å²) in [5.41, 5.74) is 0.896. The Kier molecular flexibility index (Phi) is 5.37. The molecule has 9 nitrogen and oxygen atoms in total. The number of ether oxygens (including phenoxy) is 1. The molecule has 1 fully saturated rings. The van der Waals surface area contributed by atoms with Gasteiger partial charge in [0.1, 0.15) is 17.9 Å². The summed E-state index contributed by atoms with van der Waals surface area (Å²) < 4.78 is 32.2.